The van der Waals surface area contributed by atoms with Crippen molar-refractivity contribution < 1.29 is 4.74 Å². The molecule has 1 aliphatic rings. The summed E-state index contributed by atoms with van der Waals surface area (Å²) in [6.07, 6.45) is 4.81. The Kier molecular flexibility index (Phi) is 5.28. The minimum atomic E-state index is 0.457. The third kappa shape index (κ3) is 3.51. The summed E-state index contributed by atoms with van der Waals surface area (Å²) >= 11 is 3.72. The van der Waals surface area contributed by atoms with Gasteiger partial charge < -0.3 is 10.1 Å². The fraction of sp³-hybridized carbons (Fsp3) is 0.625. The Morgan fingerprint density at radius 1 is 1.42 bits per heavy atom. The molecule has 0 heterocycles. The zero-order valence-electron chi connectivity index (χ0n) is 12.1. The standard InChI is InChI=1S/C16H24BrNO/c1-4-7-18-16-8-11(2)5-6-13-14(16)9-12(19-3)10-15(13)17/h9-11,16,18H,4-8H2,1-3H3. The van der Waals surface area contributed by atoms with Crippen molar-refractivity contribution >= 4 is 15.9 Å². The summed E-state index contributed by atoms with van der Waals surface area (Å²) in [5.74, 6) is 1.71. The predicted molar refractivity (Wildman–Crippen MR) is 83.8 cm³/mol. The van der Waals surface area contributed by atoms with Crippen molar-refractivity contribution in [2.75, 3.05) is 13.7 Å². The molecule has 0 amide bonds. The van der Waals surface area contributed by atoms with Crippen LogP contribution in [0.1, 0.15) is 50.3 Å². The van der Waals surface area contributed by atoms with E-state index in [4.69, 9.17) is 4.74 Å². The molecule has 0 bridgehead atoms. The van der Waals surface area contributed by atoms with Gasteiger partial charge >= 0.3 is 0 Å². The lowest BCUT2D eigenvalue weighted by Gasteiger charge is -2.22. The highest BCUT2D eigenvalue weighted by molar-refractivity contribution is 9.10. The normalized spacial score (nSPS) is 22.7. The van der Waals surface area contributed by atoms with Gasteiger partial charge in [0.15, 0.2) is 0 Å². The van der Waals surface area contributed by atoms with E-state index in [-0.39, 0.29) is 0 Å². The fourth-order valence-electron chi connectivity index (χ4n) is 2.87. The lowest BCUT2D eigenvalue weighted by atomic mass is 9.96. The van der Waals surface area contributed by atoms with E-state index in [1.165, 1.54) is 34.9 Å². The molecule has 1 N–H and O–H groups in total. The van der Waals surface area contributed by atoms with Crippen molar-refractivity contribution in [3.63, 3.8) is 0 Å². The van der Waals surface area contributed by atoms with E-state index in [9.17, 15) is 0 Å². The van der Waals surface area contributed by atoms with Crippen LogP contribution in [-0.4, -0.2) is 13.7 Å². The van der Waals surface area contributed by atoms with Gasteiger partial charge in [0.05, 0.1) is 7.11 Å². The molecular weight excluding hydrogens is 302 g/mol. The minimum absolute atomic E-state index is 0.457. The molecule has 2 unspecified atom stereocenters. The van der Waals surface area contributed by atoms with Crippen LogP contribution < -0.4 is 10.1 Å². The first-order valence-corrected chi connectivity index (χ1v) is 8.04. The number of ether oxygens (including phenoxy) is 1. The molecule has 2 nitrogen and oxygen atoms in total. The van der Waals surface area contributed by atoms with Crippen LogP contribution in [-0.2, 0) is 6.42 Å². The Morgan fingerprint density at radius 3 is 2.89 bits per heavy atom. The largest absolute Gasteiger partial charge is 0.497 e. The van der Waals surface area contributed by atoms with Gasteiger partial charge in [-0.2, -0.15) is 0 Å². The first kappa shape index (κ1) is 14.9. The fourth-order valence-corrected chi connectivity index (χ4v) is 3.53. The lowest BCUT2D eigenvalue weighted by molar-refractivity contribution is 0.401. The average molecular weight is 326 g/mol. The van der Waals surface area contributed by atoms with Gasteiger partial charge in [0.25, 0.3) is 0 Å². The second-order valence-corrected chi connectivity index (χ2v) is 6.42. The third-order valence-electron chi connectivity index (χ3n) is 3.98. The summed E-state index contributed by atoms with van der Waals surface area (Å²) in [6.45, 7) is 5.65. The number of hydrogen-bond donors (Lipinski definition) is 1. The van der Waals surface area contributed by atoms with Gasteiger partial charge in [-0.15, -0.1) is 0 Å². The Morgan fingerprint density at radius 2 is 2.21 bits per heavy atom. The highest BCUT2D eigenvalue weighted by Crippen LogP contribution is 2.38. The molecule has 2 atom stereocenters. The van der Waals surface area contributed by atoms with Crippen LogP contribution >= 0.6 is 15.9 Å². The number of fused-ring (bicyclic) bond motifs is 1. The lowest BCUT2D eigenvalue weighted by Crippen LogP contribution is -2.23. The van der Waals surface area contributed by atoms with Gasteiger partial charge in [0.2, 0.25) is 0 Å². The van der Waals surface area contributed by atoms with Crippen molar-refractivity contribution in [2.24, 2.45) is 5.92 Å². The van der Waals surface area contributed by atoms with E-state index in [1.807, 2.05) is 0 Å². The average Bonchev–Trinajstić information content (AvgIpc) is 2.56. The Hall–Kier alpha value is -0.540. The SMILES string of the molecule is CCCNC1CC(C)CCc2c(Br)cc(OC)cc21. The molecule has 0 saturated heterocycles. The molecule has 2 rings (SSSR count). The van der Waals surface area contributed by atoms with Crippen molar-refractivity contribution in [3.05, 3.63) is 27.7 Å². The van der Waals surface area contributed by atoms with Crippen LogP contribution in [0.4, 0.5) is 0 Å². The Balaban J connectivity index is 2.38. The zero-order chi connectivity index (χ0) is 13.8. The van der Waals surface area contributed by atoms with Crippen molar-refractivity contribution in [2.45, 2.75) is 45.6 Å². The molecule has 0 saturated carbocycles. The van der Waals surface area contributed by atoms with Crippen LogP contribution in [0.2, 0.25) is 0 Å². The highest BCUT2D eigenvalue weighted by Gasteiger charge is 2.24. The second-order valence-electron chi connectivity index (χ2n) is 5.56. The molecule has 0 radical (unpaired) electrons. The summed E-state index contributed by atoms with van der Waals surface area (Å²) in [6, 6.07) is 4.76. The first-order valence-electron chi connectivity index (χ1n) is 7.25. The van der Waals surface area contributed by atoms with E-state index >= 15 is 0 Å². The smallest absolute Gasteiger partial charge is 0.120 e. The summed E-state index contributed by atoms with van der Waals surface area (Å²) < 4.78 is 6.62. The van der Waals surface area contributed by atoms with Gasteiger partial charge in [-0.25, -0.2) is 0 Å². The van der Waals surface area contributed by atoms with E-state index < -0.39 is 0 Å². The molecule has 0 fully saturated rings. The molecular formula is C16H24BrNO. The molecule has 1 aromatic rings. The van der Waals surface area contributed by atoms with E-state index in [0.29, 0.717) is 6.04 Å². The summed E-state index contributed by atoms with van der Waals surface area (Å²) in [5, 5.41) is 3.70. The summed E-state index contributed by atoms with van der Waals surface area (Å²) in [4.78, 5) is 0. The maximum Gasteiger partial charge on any atom is 0.120 e. The molecule has 1 aliphatic carbocycles. The summed E-state index contributed by atoms with van der Waals surface area (Å²) in [7, 11) is 1.74. The minimum Gasteiger partial charge on any atom is -0.497 e. The van der Waals surface area contributed by atoms with Crippen molar-refractivity contribution in [1.82, 2.24) is 5.32 Å². The zero-order valence-corrected chi connectivity index (χ0v) is 13.7. The maximum atomic E-state index is 5.42. The first-order chi connectivity index (χ1) is 9.15. The number of methoxy groups -OCH3 is 1. The van der Waals surface area contributed by atoms with Crippen molar-refractivity contribution in [1.29, 1.82) is 0 Å². The maximum absolute atomic E-state index is 5.42. The third-order valence-corrected chi connectivity index (χ3v) is 4.69. The van der Waals surface area contributed by atoms with Gasteiger partial charge in [-0.3, -0.25) is 0 Å². The highest BCUT2D eigenvalue weighted by atomic mass is 79.9. The van der Waals surface area contributed by atoms with E-state index in [2.05, 4.69) is 47.2 Å². The number of hydrogen-bond acceptors (Lipinski definition) is 2. The van der Waals surface area contributed by atoms with Gasteiger partial charge in [-0.05, 0) is 61.4 Å². The van der Waals surface area contributed by atoms with Crippen LogP contribution in [0.25, 0.3) is 0 Å². The molecule has 19 heavy (non-hydrogen) atoms. The number of nitrogens with one attached hydrogen (secondary N) is 1. The van der Waals surface area contributed by atoms with Crippen LogP contribution in [0.3, 0.4) is 0 Å². The number of halogens is 1. The molecule has 0 aliphatic heterocycles. The second kappa shape index (κ2) is 6.76. The molecule has 106 valence electrons. The summed E-state index contributed by atoms with van der Waals surface area (Å²) in [5.41, 5.74) is 2.88. The Labute approximate surface area is 125 Å². The topological polar surface area (TPSA) is 21.3 Å². The monoisotopic (exact) mass is 325 g/mol. The molecule has 0 aromatic heterocycles. The van der Waals surface area contributed by atoms with Gasteiger partial charge in [0.1, 0.15) is 5.75 Å². The van der Waals surface area contributed by atoms with Gasteiger partial charge in [-0.1, -0.05) is 29.8 Å². The number of benzene rings is 1. The van der Waals surface area contributed by atoms with Crippen LogP contribution in [0.15, 0.2) is 16.6 Å². The van der Waals surface area contributed by atoms with Gasteiger partial charge in [0, 0.05) is 10.5 Å². The van der Waals surface area contributed by atoms with E-state index in [0.717, 1.165) is 24.6 Å². The van der Waals surface area contributed by atoms with Crippen molar-refractivity contribution in [3.8, 4) is 5.75 Å². The predicted octanol–water partition coefficient (Wildman–Crippen LogP) is 4.47. The van der Waals surface area contributed by atoms with Crippen LogP contribution in [0, 0.1) is 5.92 Å². The molecule has 1 aromatic carbocycles. The number of rotatable bonds is 4. The van der Waals surface area contributed by atoms with E-state index in [1.54, 1.807) is 7.11 Å². The Bertz CT molecular complexity index is 433. The quantitative estimate of drug-likeness (QED) is 0.824. The molecule has 3 heteroatoms. The van der Waals surface area contributed by atoms with Crippen LogP contribution in [0.5, 0.6) is 5.75 Å². The molecule has 0 spiro atoms.